The molecule has 1 aliphatic rings. The Morgan fingerprint density at radius 1 is 1.06 bits per heavy atom. The highest BCUT2D eigenvalue weighted by Gasteiger charge is 2.27. The minimum absolute atomic E-state index is 0.119. The smallest absolute Gasteiger partial charge is 0.254 e. The zero-order valence-electron chi connectivity index (χ0n) is 17.9. The molecule has 0 bridgehead atoms. The van der Waals surface area contributed by atoms with E-state index in [9.17, 15) is 9.18 Å². The van der Waals surface area contributed by atoms with Crippen molar-refractivity contribution >= 4 is 11.8 Å². The second-order valence-electron chi connectivity index (χ2n) is 7.96. The molecular weight excluding hydrogens is 393 g/mol. The largest absolute Gasteiger partial charge is 0.340 e. The van der Waals surface area contributed by atoms with Gasteiger partial charge in [0.15, 0.2) is 0 Å². The summed E-state index contributed by atoms with van der Waals surface area (Å²) in [6.45, 7) is 4.88. The van der Waals surface area contributed by atoms with Gasteiger partial charge in [-0.1, -0.05) is 42.4 Å². The molecule has 31 heavy (non-hydrogen) atoms. The molecule has 0 aliphatic carbocycles. The lowest BCUT2D eigenvalue weighted by molar-refractivity contribution is 0.0743. The second-order valence-corrected chi connectivity index (χ2v) is 7.96. The highest BCUT2D eigenvalue weighted by Crippen LogP contribution is 2.34. The first kappa shape index (κ1) is 21.1. The number of rotatable bonds is 7. The van der Waals surface area contributed by atoms with Crippen LogP contribution >= 0.6 is 0 Å². The summed E-state index contributed by atoms with van der Waals surface area (Å²) in [6, 6.07) is 15.7. The van der Waals surface area contributed by atoms with E-state index in [-0.39, 0.29) is 11.7 Å². The van der Waals surface area contributed by atoms with E-state index in [1.165, 1.54) is 30.7 Å². The van der Waals surface area contributed by atoms with E-state index < -0.39 is 0 Å². The number of halogens is 1. The average molecular weight is 422 g/mol. The third-order valence-corrected chi connectivity index (χ3v) is 5.68. The molecule has 2 aromatic carbocycles. The van der Waals surface area contributed by atoms with Gasteiger partial charge in [-0.25, -0.2) is 4.39 Å². The molecule has 0 atom stereocenters. The summed E-state index contributed by atoms with van der Waals surface area (Å²) >= 11 is 0. The molecule has 1 aliphatic heterocycles. The van der Waals surface area contributed by atoms with Crippen molar-refractivity contribution in [1.29, 1.82) is 0 Å². The Kier molecular flexibility index (Phi) is 6.65. The van der Waals surface area contributed by atoms with Crippen molar-refractivity contribution in [2.75, 3.05) is 24.5 Å². The first-order chi connectivity index (χ1) is 15.2. The molecule has 1 amide bonds. The van der Waals surface area contributed by atoms with Gasteiger partial charge in [0.1, 0.15) is 11.5 Å². The molecule has 0 saturated carbocycles. The van der Waals surface area contributed by atoms with E-state index in [0.717, 1.165) is 55.1 Å². The van der Waals surface area contributed by atoms with Crippen molar-refractivity contribution in [1.82, 2.24) is 10.1 Å². The van der Waals surface area contributed by atoms with Gasteiger partial charge >= 0.3 is 0 Å². The molecule has 1 fully saturated rings. The summed E-state index contributed by atoms with van der Waals surface area (Å²) < 4.78 is 19.2. The first-order valence-corrected chi connectivity index (χ1v) is 11.0. The number of benzene rings is 2. The Hall–Kier alpha value is -3.15. The molecule has 6 heteroatoms. The van der Waals surface area contributed by atoms with E-state index in [4.69, 9.17) is 4.52 Å². The number of hydrogen-bond donors (Lipinski definition) is 0. The Balaban J connectivity index is 1.70. The van der Waals surface area contributed by atoms with Gasteiger partial charge in [-0.15, -0.1) is 0 Å². The summed E-state index contributed by atoms with van der Waals surface area (Å²) in [7, 11) is 0. The van der Waals surface area contributed by atoms with Crippen LogP contribution in [0.1, 0.15) is 48.5 Å². The monoisotopic (exact) mass is 421 g/mol. The van der Waals surface area contributed by atoms with Crippen molar-refractivity contribution in [2.24, 2.45) is 0 Å². The standard InChI is InChI=1S/C25H28FN3O2/c1-2-15-29(24(30)20-11-13-21(26)14-12-20)18-22-23(19-9-5-3-6-10-19)27-31-25(22)28-16-7-4-8-17-28/h3,5-6,9-14H,2,4,7-8,15-18H2,1H3. The zero-order valence-corrected chi connectivity index (χ0v) is 17.9. The zero-order chi connectivity index (χ0) is 21.6. The molecule has 3 aromatic rings. The molecule has 0 radical (unpaired) electrons. The highest BCUT2D eigenvalue weighted by molar-refractivity contribution is 5.94. The van der Waals surface area contributed by atoms with Crippen molar-refractivity contribution in [3.8, 4) is 11.3 Å². The summed E-state index contributed by atoms with van der Waals surface area (Å²) in [5, 5.41) is 4.41. The number of carbonyl (C=O) groups is 1. The SMILES string of the molecule is CCCN(Cc1c(-c2ccccc2)noc1N1CCCCC1)C(=O)c1ccc(F)cc1. The molecule has 0 N–H and O–H groups in total. The molecule has 0 unspecified atom stereocenters. The molecule has 0 spiro atoms. The van der Waals surface area contributed by atoms with Gasteiger partial charge in [-0.05, 0) is 49.9 Å². The third-order valence-electron chi connectivity index (χ3n) is 5.68. The molecule has 4 rings (SSSR count). The second kappa shape index (κ2) is 9.77. The van der Waals surface area contributed by atoms with Crippen molar-refractivity contribution in [3.05, 3.63) is 71.5 Å². The van der Waals surface area contributed by atoms with Gasteiger partial charge in [-0.2, -0.15) is 0 Å². The molecule has 1 aromatic heterocycles. The maximum absolute atomic E-state index is 13.4. The number of carbonyl (C=O) groups excluding carboxylic acids is 1. The van der Waals surface area contributed by atoms with E-state index >= 15 is 0 Å². The summed E-state index contributed by atoms with van der Waals surface area (Å²) in [6.07, 6.45) is 4.27. The lowest BCUT2D eigenvalue weighted by atomic mass is 10.0. The molecule has 162 valence electrons. The minimum atomic E-state index is -0.351. The maximum Gasteiger partial charge on any atom is 0.254 e. The van der Waals surface area contributed by atoms with Crippen LogP contribution in [-0.2, 0) is 6.54 Å². The Bertz CT molecular complexity index is 995. The molecule has 5 nitrogen and oxygen atoms in total. The predicted octanol–water partition coefficient (Wildman–Crippen LogP) is 5.52. The number of nitrogens with zero attached hydrogens (tertiary/aromatic N) is 3. The van der Waals surface area contributed by atoms with E-state index in [1.54, 1.807) is 4.90 Å². The van der Waals surface area contributed by atoms with Crippen LogP contribution in [-0.4, -0.2) is 35.6 Å². The van der Waals surface area contributed by atoms with Crippen LogP contribution in [0, 0.1) is 5.82 Å². The normalized spacial score (nSPS) is 13.9. The summed E-state index contributed by atoms with van der Waals surface area (Å²) in [5.74, 6) is 0.287. The van der Waals surface area contributed by atoms with Gasteiger partial charge in [0.25, 0.3) is 5.91 Å². The topological polar surface area (TPSA) is 49.6 Å². The summed E-state index contributed by atoms with van der Waals surface area (Å²) in [5.41, 5.74) is 3.15. The van der Waals surface area contributed by atoms with Crippen LogP contribution in [0.2, 0.25) is 0 Å². The Morgan fingerprint density at radius 3 is 2.45 bits per heavy atom. The van der Waals surface area contributed by atoms with Gasteiger partial charge in [0.2, 0.25) is 5.88 Å². The fourth-order valence-electron chi connectivity index (χ4n) is 4.10. The first-order valence-electron chi connectivity index (χ1n) is 11.0. The van der Waals surface area contributed by atoms with Crippen LogP contribution < -0.4 is 4.90 Å². The van der Waals surface area contributed by atoms with E-state index in [2.05, 4.69) is 10.1 Å². The predicted molar refractivity (Wildman–Crippen MR) is 119 cm³/mol. The highest BCUT2D eigenvalue weighted by atomic mass is 19.1. The van der Waals surface area contributed by atoms with Gasteiger partial charge in [0, 0.05) is 30.8 Å². The number of anilines is 1. The van der Waals surface area contributed by atoms with Crippen molar-refractivity contribution < 1.29 is 13.7 Å². The Morgan fingerprint density at radius 2 is 1.77 bits per heavy atom. The van der Waals surface area contributed by atoms with Gasteiger partial charge in [0.05, 0.1) is 12.1 Å². The third kappa shape index (κ3) is 4.79. The van der Waals surface area contributed by atoms with Crippen molar-refractivity contribution in [3.63, 3.8) is 0 Å². The average Bonchev–Trinajstić information content (AvgIpc) is 3.23. The summed E-state index contributed by atoms with van der Waals surface area (Å²) in [4.78, 5) is 17.3. The fraction of sp³-hybridized carbons (Fsp3) is 0.360. The number of piperidine rings is 1. The van der Waals surface area contributed by atoms with Gasteiger partial charge < -0.3 is 14.3 Å². The molecule has 2 heterocycles. The number of amides is 1. The lowest BCUT2D eigenvalue weighted by Crippen LogP contribution is -2.33. The fourth-order valence-corrected chi connectivity index (χ4v) is 4.10. The van der Waals surface area contributed by atoms with Crippen LogP contribution in [0.5, 0.6) is 0 Å². The maximum atomic E-state index is 13.4. The number of aromatic nitrogens is 1. The van der Waals surface area contributed by atoms with Gasteiger partial charge in [-0.3, -0.25) is 4.79 Å². The van der Waals surface area contributed by atoms with E-state index in [1.807, 2.05) is 37.3 Å². The van der Waals surface area contributed by atoms with Crippen LogP contribution in [0.4, 0.5) is 10.3 Å². The Labute approximate surface area is 182 Å². The van der Waals surface area contributed by atoms with E-state index in [0.29, 0.717) is 18.7 Å². The number of hydrogen-bond acceptors (Lipinski definition) is 4. The van der Waals surface area contributed by atoms with Crippen molar-refractivity contribution in [2.45, 2.75) is 39.2 Å². The molecule has 1 saturated heterocycles. The van der Waals surface area contributed by atoms with Crippen LogP contribution in [0.3, 0.4) is 0 Å². The lowest BCUT2D eigenvalue weighted by Gasteiger charge is -2.28. The quantitative estimate of drug-likeness (QED) is 0.504. The minimum Gasteiger partial charge on any atom is -0.340 e. The van der Waals surface area contributed by atoms with Crippen LogP contribution in [0.15, 0.2) is 59.1 Å². The molecular formula is C25H28FN3O2. The van der Waals surface area contributed by atoms with Crippen LogP contribution in [0.25, 0.3) is 11.3 Å².